The van der Waals surface area contributed by atoms with E-state index in [4.69, 9.17) is 23.6 Å². The van der Waals surface area contributed by atoms with E-state index < -0.39 is 58.8 Å². The fourth-order valence-corrected chi connectivity index (χ4v) is 10.5. The molecule has 3 aliphatic rings. The number of carbonyl (C=O) groups is 2. The number of carbonyl (C=O) groups excluding carboxylic acids is 2. The molecule has 7 rings (SSSR count). The normalized spacial score (nSPS) is 29.6. The maximum Gasteiger partial charge on any atom is 0.312 e. The number of allylic oxidation sites excluding steroid dienone is 2. The van der Waals surface area contributed by atoms with E-state index in [0.717, 1.165) is 37.2 Å². The number of hydrogen-bond donors (Lipinski definition) is 4. The lowest BCUT2D eigenvalue weighted by Gasteiger charge is -2.39. The Kier molecular flexibility index (Phi) is 15.1. The van der Waals surface area contributed by atoms with Gasteiger partial charge in [0, 0.05) is 79.3 Å². The second-order valence-electron chi connectivity index (χ2n) is 21.0. The summed E-state index contributed by atoms with van der Waals surface area (Å²) in [4.78, 5) is 53.8. The van der Waals surface area contributed by atoms with Crippen LogP contribution < -0.4 is 20.4 Å². The lowest BCUT2D eigenvalue weighted by molar-refractivity contribution is -0.112. The molecule has 0 aliphatic carbocycles. The number of aromatic hydroxyl groups is 1. The van der Waals surface area contributed by atoms with Gasteiger partial charge in [0.15, 0.2) is 22.3 Å². The van der Waals surface area contributed by atoms with E-state index in [-0.39, 0.29) is 73.7 Å². The predicted octanol–water partition coefficient (Wildman–Crippen LogP) is 9.21. The van der Waals surface area contributed by atoms with Crippen LogP contribution in [0.5, 0.6) is 11.5 Å². The molecule has 4 heterocycles. The number of nitrogens with zero attached hydrogens (tertiary/aromatic N) is 3. The van der Waals surface area contributed by atoms with E-state index in [1.165, 1.54) is 20.1 Å². The van der Waals surface area contributed by atoms with Gasteiger partial charge in [-0.3, -0.25) is 14.4 Å². The van der Waals surface area contributed by atoms with Gasteiger partial charge in [-0.25, -0.2) is 4.98 Å². The molecule has 69 heavy (non-hydrogen) atoms. The Bertz CT molecular complexity index is 2770. The van der Waals surface area contributed by atoms with Crippen molar-refractivity contribution in [3.05, 3.63) is 75.2 Å². The van der Waals surface area contributed by atoms with Crippen molar-refractivity contribution in [1.82, 2.24) is 9.88 Å². The summed E-state index contributed by atoms with van der Waals surface area (Å²) in [5, 5.41) is 38.0. The molecule has 374 valence electrons. The lowest BCUT2D eigenvalue weighted by atomic mass is 9.74. The van der Waals surface area contributed by atoms with E-state index in [0.29, 0.717) is 29.6 Å². The van der Waals surface area contributed by atoms with Gasteiger partial charge in [0.2, 0.25) is 0 Å². The number of Topliss-reactive ketones (excluding diaryl/α,β-unsaturated/α-hetero) is 1. The standard InChI is InChI=1S/C55H74N4O10/c1-27(2)24-36-25-38(59-21-18-37(19-22-59)58(13)28(3)4)26-40-44(36)56-45-41-42-49(62)35(11)51-43(41)53(64)55(12,69-51)67-23-20-39(66-14)32(8)31(7)33(9)48(61)34(10)47(60)29(5)16-15-17-30(6)54(65)57-46(50(42)63)52(45)68-40/h15-17,20,23,25-29,31-34,37,39,47-48,60-61,63H,18-19,21-22,24H2,1-14H3,(H,57,65)/b16-15+,23-20+,30-17-/t29-,31+,32-,33-,34+,39-,47-,48-,55-/m0/s1. The summed E-state index contributed by atoms with van der Waals surface area (Å²) in [7, 11) is 3.75. The van der Waals surface area contributed by atoms with Gasteiger partial charge >= 0.3 is 5.79 Å². The van der Waals surface area contributed by atoms with Crippen molar-refractivity contribution < 1.29 is 43.5 Å². The number of aromatic nitrogens is 1. The zero-order valence-corrected chi connectivity index (χ0v) is 43.0. The van der Waals surface area contributed by atoms with Gasteiger partial charge in [-0.1, -0.05) is 66.7 Å². The molecule has 14 heteroatoms. The van der Waals surface area contributed by atoms with Gasteiger partial charge in [0.1, 0.15) is 22.5 Å². The van der Waals surface area contributed by atoms with E-state index in [2.05, 4.69) is 55.9 Å². The topological polar surface area (TPSA) is 184 Å². The summed E-state index contributed by atoms with van der Waals surface area (Å²) >= 11 is 0. The molecule has 0 radical (unpaired) electrons. The molecule has 3 aliphatic heterocycles. The smallest absolute Gasteiger partial charge is 0.312 e. The number of amides is 1. The number of phenolic OH excluding ortho intramolecular Hbond substituents is 1. The van der Waals surface area contributed by atoms with E-state index in [1.54, 1.807) is 38.3 Å². The Hall–Kier alpha value is -5.28. The van der Waals surface area contributed by atoms with Crippen molar-refractivity contribution in [1.29, 1.82) is 0 Å². The average Bonchev–Trinajstić information content (AvgIpc) is 3.59. The Morgan fingerprint density at radius 2 is 1.61 bits per heavy atom. The summed E-state index contributed by atoms with van der Waals surface area (Å²) in [6.45, 7) is 24.6. The molecule has 1 saturated heterocycles. The van der Waals surface area contributed by atoms with Crippen molar-refractivity contribution in [2.75, 3.05) is 37.5 Å². The summed E-state index contributed by atoms with van der Waals surface area (Å²) < 4.78 is 25.3. The molecular formula is C55H74N4O10. The van der Waals surface area contributed by atoms with Crippen LogP contribution in [0.3, 0.4) is 0 Å². The summed E-state index contributed by atoms with van der Waals surface area (Å²) in [5.74, 6) is -4.95. The Balaban J connectivity index is 1.46. The maximum atomic E-state index is 15.0. The van der Waals surface area contributed by atoms with Crippen LogP contribution in [0.25, 0.3) is 33.0 Å². The third-order valence-electron chi connectivity index (χ3n) is 15.7. The van der Waals surface area contributed by atoms with E-state index in [9.17, 15) is 29.7 Å². The number of aliphatic hydroxyl groups is 2. The Morgan fingerprint density at radius 1 is 0.928 bits per heavy atom. The predicted molar refractivity (Wildman–Crippen MR) is 272 cm³/mol. The molecule has 4 N–H and O–H groups in total. The molecule has 4 aromatic rings. The molecule has 9 atom stereocenters. The number of benzene rings is 3. The SMILES string of the molecule is CO[C@H]1/C=C/O[C@@]2(C)Oc3c(C)c(=O)c4c(O)c(c5oc6cc(N7CCC(N(C)C(C)C)CC7)cc(CC(C)C)c6nc5c4c3C2=O)NC(=O)/C(C)=C\C=C\[C@H](C)[C@H](O)[C@@H](C)[C@@H](O)[C@@H](C)[C@H](C)[C@@H]1C. The second-order valence-corrected chi connectivity index (χ2v) is 21.0. The molecule has 0 spiro atoms. The van der Waals surface area contributed by atoms with Crippen molar-refractivity contribution in [3.8, 4) is 11.5 Å². The highest BCUT2D eigenvalue weighted by Crippen LogP contribution is 2.49. The van der Waals surface area contributed by atoms with Gasteiger partial charge in [0.05, 0.1) is 35.5 Å². The number of aliphatic hydroxyl groups excluding tert-OH is 2. The molecule has 14 nitrogen and oxygen atoms in total. The number of nitrogens with one attached hydrogen (secondary N) is 1. The number of ketones is 1. The summed E-state index contributed by atoms with van der Waals surface area (Å²) in [5.41, 5.74) is 2.30. The number of ether oxygens (including phenoxy) is 3. The molecular weight excluding hydrogens is 877 g/mol. The number of phenols is 1. The van der Waals surface area contributed by atoms with Gasteiger partial charge in [-0.05, 0) is 95.4 Å². The maximum absolute atomic E-state index is 15.0. The van der Waals surface area contributed by atoms with Crippen LogP contribution in [0.4, 0.5) is 11.4 Å². The van der Waals surface area contributed by atoms with Gasteiger partial charge in [-0.2, -0.15) is 0 Å². The van der Waals surface area contributed by atoms with E-state index in [1.807, 2.05) is 40.7 Å². The summed E-state index contributed by atoms with van der Waals surface area (Å²) in [6, 6.07) is 4.98. The number of hydrogen-bond acceptors (Lipinski definition) is 13. The quantitative estimate of drug-likeness (QED) is 0.0816. The minimum atomic E-state index is -1.95. The fraction of sp³-hybridized carbons (Fsp3) is 0.564. The zero-order chi connectivity index (χ0) is 50.5. The van der Waals surface area contributed by atoms with E-state index >= 15 is 0 Å². The average molecular weight is 951 g/mol. The Labute approximate surface area is 406 Å². The van der Waals surface area contributed by atoms with Gasteiger partial charge in [0.25, 0.3) is 11.7 Å². The van der Waals surface area contributed by atoms with Gasteiger partial charge < -0.3 is 49.1 Å². The van der Waals surface area contributed by atoms with Crippen molar-refractivity contribution in [2.45, 2.75) is 139 Å². The molecule has 0 unspecified atom stereocenters. The largest absolute Gasteiger partial charge is 0.505 e. The van der Waals surface area contributed by atoms with Crippen LogP contribution in [0, 0.1) is 42.4 Å². The fourth-order valence-electron chi connectivity index (χ4n) is 10.5. The van der Waals surface area contributed by atoms with Crippen molar-refractivity contribution >= 4 is 56.0 Å². The van der Waals surface area contributed by atoms with Crippen LogP contribution in [0.2, 0.25) is 0 Å². The molecule has 4 bridgehead atoms. The van der Waals surface area contributed by atoms with Crippen LogP contribution in [0.1, 0.15) is 110 Å². The van der Waals surface area contributed by atoms with Crippen molar-refractivity contribution in [3.63, 3.8) is 0 Å². The number of methoxy groups -OCH3 is 1. The first-order chi connectivity index (χ1) is 32.5. The first kappa shape index (κ1) is 51.6. The minimum absolute atomic E-state index is 0.00762. The molecule has 3 aromatic carbocycles. The molecule has 0 saturated carbocycles. The van der Waals surface area contributed by atoms with Crippen LogP contribution in [0.15, 0.2) is 57.5 Å². The van der Waals surface area contributed by atoms with Gasteiger partial charge in [-0.15, -0.1) is 0 Å². The second kappa shape index (κ2) is 20.2. The number of fused-ring (bicyclic) bond motifs is 2. The monoisotopic (exact) mass is 951 g/mol. The van der Waals surface area contributed by atoms with Crippen LogP contribution >= 0.6 is 0 Å². The lowest BCUT2D eigenvalue weighted by Crippen LogP contribution is -2.45. The van der Waals surface area contributed by atoms with Crippen LogP contribution in [-0.4, -0.2) is 100 Å². The zero-order valence-electron chi connectivity index (χ0n) is 43.0. The summed E-state index contributed by atoms with van der Waals surface area (Å²) in [6.07, 6.45) is 8.42. The number of rotatable bonds is 6. The van der Waals surface area contributed by atoms with Crippen molar-refractivity contribution in [2.24, 2.45) is 35.5 Å². The third-order valence-corrected chi connectivity index (χ3v) is 15.7. The first-order valence-corrected chi connectivity index (χ1v) is 24.7. The number of anilines is 2. The minimum Gasteiger partial charge on any atom is -0.505 e. The first-order valence-electron chi connectivity index (χ1n) is 24.7. The molecule has 1 amide bonds. The number of piperidine rings is 1. The molecule has 1 fully saturated rings. The highest BCUT2D eigenvalue weighted by molar-refractivity contribution is 6.26. The Morgan fingerprint density at radius 3 is 2.25 bits per heavy atom. The third kappa shape index (κ3) is 9.66. The molecule has 1 aromatic heterocycles. The van der Waals surface area contributed by atoms with Crippen LogP contribution in [-0.2, 0) is 20.7 Å². The highest BCUT2D eigenvalue weighted by atomic mass is 16.7. The highest BCUT2D eigenvalue weighted by Gasteiger charge is 2.49.